The van der Waals surface area contributed by atoms with Crippen molar-refractivity contribution in [2.75, 3.05) is 23.0 Å². The Morgan fingerprint density at radius 3 is 1.89 bits per heavy atom. The van der Waals surface area contributed by atoms with Crippen molar-refractivity contribution >= 4 is 29.7 Å². The van der Waals surface area contributed by atoms with Crippen molar-refractivity contribution < 1.29 is 25.3 Å². The molecule has 2 fully saturated rings. The zero-order valence-corrected chi connectivity index (χ0v) is 12.0. The van der Waals surface area contributed by atoms with E-state index in [0.29, 0.717) is 0 Å². The molecule has 2 saturated heterocycles. The first-order chi connectivity index (χ1) is 8.10. The summed E-state index contributed by atoms with van der Waals surface area (Å²) < 4.78 is 71.1. The Morgan fingerprint density at radius 2 is 1.44 bits per heavy atom. The third-order valence-corrected chi connectivity index (χ3v) is 8.88. The van der Waals surface area contributed by atoms with E-state index in [9.17, 15) is 25.3 Å². The molecule has 2 rings (SSSR count). The van der Waals surface area contributed by atoms with Crippen molar-refractivity contribution in [3.63, 3.8) is 0 Å². The van der Waals surface area contributed by atoms with Gasteiger partial charge in [-0.1, -0.05) is 0 Å². The van der Waals surface area contributed by atoms with Crippen LogP contribution in [0.1, 0.15) is 12.8 Å². The van der Waals surface area contributed by atoms with E-state index in [1.165, 1.54) is 0 Å². The minimum Gasteiger partial charge on any atom is -0.229 e. The van der Waals surface area contributed by atoms with E-state index in [1.807, 2.05) is 0 Å². The fourth-order valence-corrected chi connectivity index (χ4v) is 8.32. The first-order valence-electron chi connectivity index (χ1n) is 5.52. The Bertz CT molecular complexity index is 632. The van der Waals surface area contributed by atoms with Gasteiger partial charge < -0.3 is 0 Å². The summed E-state index contributed by atoms with van der Waals surface area (Å²) in [6.07, 6.45) is 0.332. The van der Waals surface area contributed by atoms with Crippen LogP contribution in [0.25, 0.3) is 0 Å². The van der Waals surface area contributed by atoms with Crippen LogP contribution < -0.4 is 4.72 Å². The van der Waals surface area contributed by atoms with Gasteiger partial charge in [0.2, 0.25) is 10.0 Å². The Kier molecular flexibility index (Phi) is 3.50. The van der Waals surface area contributed by atoms with Crippen LogP contribution >= 0.6 is 0 Å². The third kappa shape index (κ3) is 3.22. The molecule has 0 aromatic carbocycles. The molecule has 0 bridgehead atoms. The molecule has 0 aliphatic carbocycles. The lowest BCUT2D eigenvalue weighted by Gasteiger charge is -2.15. The van der Waals surface area contributed by atoms with E-state index in [0.717, 1.165) is 0 Å². The summed E-state index contributed by atoms with van der Waals surface area (Å²) in [6, 6.07) is -0.622. The molecule has 2 unspecified atom stereocenters. The molecular formula is C8H15NO6S3. The van der Waals surface area contributed by atoms with E-state index in [-0.39, 0.29) is 35.9 Å². The van der Waals surface area contributed by atoms with Crippen molar-refractivity contribution in [1.29, 1.82) is 0 Å². The standard InChI is InChI=1S/C8H15NO6S3/c10-16(11)3-1-7(5-16)9-18(14,15)8-2-4-17(12,13)6-8/h7-9H,1-6H2. The minimum atomic E-state index is -3.76. The number of sulfone groups is 2. The summed E-state index contributed by atoms with van der Waals surface area (Å²) in [5.74, 6) is -0.724. The highest BCUT2D eigenvalue weighted by Gasteiger charge is 2.39. The third-order valence-electron chi connectivity index (χ3n) is 3.19. The molecule has 0 radical (unpaired) electrons. The van der Waals surface area contributed by atoms with Crippen LogP contribution in [0.3, 0.4) is 0 Å². The van der Waals surface area contributed by atoms with Gasteiger partial charge in [-0.3, -0.25) is 0 Å². The lowest BCUT2D eigenvalue weighted by molar-refractivity contribution is 0.550. The van der Waals surface area contributed by atoms with Crippen molar-refractivity contribution in [2.45, 2.75) is 24.1 Å². The lowest BCUT2D eigenvalue weighted by Crippen LogP contribution is -2.42. The monoisotopic (exact) mass is 317 g/mol. The number of sulfonamides is 1. The Labute approximate surface area is 107 Å². The van der Waals surface area contributed by atoms with Crippen molar-refractivity contribution in [2.24, 2.45) is 0 Å². The zero-order chi connectivity index (χ0) is 13.6. The highest BCUT2D eigenvalue weighted by atomic mass is 32.2. The minimum absolute atomic E-state index is 0.0247. The van der Waals surface area contributed by atoms with Crippen LogP contribution in [0.2, 0.25) is 0 Å². The van der Waals surface area contributed by atoms with E-state index < -0.39 is 41.0 Å². The highest BCUT2D eigenvalue weighted by molar-refractivity contribution is 7.95. The van der Waals surface area contributed by atoms with Crippen molar-refractivity contribution in [1.82, 2.24) is 4.72 Å². The van der Waals surface area contributed by atoms with Crippen molar-refractivity contribution in [3.8, 4) is 0 Å². The van der Waals surface area contributed by atoms with E-state index in [1.54, 1.807) is 0 Å². The maximum atomic E-state index is 11.9. The van der Waals surface area contributed by atoms with Gasteiger partial charge in [-0.2, -0.15) is 0 Å². The Hall–Kier alpha value is -0.190. The quantitative estimate of drug-likeness (QED) is 0.662. The van der Waals surface area contributed by atoms with Crippen LogP contribution in [0.4, 0.5) is 0 Å². The van der Waals surface area contributed by atoms with Gasteiger partial charge in [-0.15, -0.1) is 0 Å². The number of rotatable bonds is 3. The molecule has 18 heavy (non-hydrogen) atoms. The molecule has 0 aromatic rings. The van der Waals surface area contributed by atoms with Gasteiger partial charge in [0.05, 0.1) is 28.3 Å². The SMILES string of the molecule is O=S1(=O)CCC(NS(=O)(=O)C2CCS(=O)(=O)C2)C1. The van der Waals surface area contributed by atoms with Crippen molar-refractivity contribution in [3.05, 3.63) is 0 Å². The first kappa shape index (κ1) is 14.2. The highest BCUT2D eigenvalue weighted by Crippen LogP contribution is 2.20. The van der Waals surface area contributed by atoms with Crippen LogP contribution in [-0.2, 0) is 29.7 Å². The summed E-state index contributed by atoms with van der Waals surface area (Å²) in [7, 11) is -10.2. The zero-order valence-electron chi connectivity index (χ0n) is 9.57. The lowest BCUT2D eigenvalue weighted by atomic mass is 10.3. The fourth-order valence-electron chi connectivity index (χ4n) is 2.22. The molecule has 7 nitrogen and oxygen atoms in total. The predicted octanol–water partition coefficient (Wildman–Crippen LogP) is -1.72. The van der Waals surface area contributed by atoms with E-state index in [2.05, 4.69) is 4.72 Å². The van der Waals surface area contributed by atoms with Crippen LogP contribution in [0.5, 0.6) is 0 Å². The Morgan fingerprint density at radius 1 is 0.889 bits per heavy atom. The molecule has 10 heteroatoms. The topological polar surface area (TPSA) is 114 Å². The molecule has 0 saturated carbocycles. The predicted molar refractivity (Wildman–Crippen MR) is 66.2 cm³/mol. The number of nitrogens with one attached hydrogen (secondary N) is 1. The largest absolute Gasteiger partial charge is 0.229 e. The van der Waals surface area contributed by atoms with Gasteiger partial charge in [-0.25, -0.2) is 30.0 Å². The summed E-state index contributed by atoms with van der Waals surface area (Å²) >= 11 is 0. The van der Waals surface area contributed by atoms with Gasteiger partial charge in [-0.05, 0) is 12.8 Å². The molecule has 2 aliphatic heterocycles. The molecule has 0 spiro atoms. The maximum Gasteiger partial charge on any atom is 0.215 e. The molecule has 2 aliphatic rings. The Balaban J connectivity index is 2.05. The number of hydrogen-bond donors (Lipinski definition) is 1. The van der Waals surface area contributed by atoms with Crippen LogP contribution in [-0.4, -0.2) is 59.6 Å². The summed E-state index contributed by atoms with van der Waals surface area (Å²) in [5, 5.41) is -0.953. The molecule has 1 N–H and O–H groups in total. The molecule has 2 heterocycles. The smallest absolute Gasteiger partial charge is 0.215 e. The number of hydrogen-bond acceptors (Lipinski definition) is 6. The normalized spacial score (nSPS) is 34.7. The van der Waals surface area contributed by atoms with Crippen LogP contribution in [0.15, 0.2) is 0 Å². The average molecular weight is 317 g/mol. The molecule has 0 amide bonds. The van der Waals surface area contributed by atoms with Gasteiger partial charge in [0.1, 0.15) is 0 Å². The maximum absolute atomic E-state index is 11.9. The van der Waals surface area contributed by atoms with Gasteiger partial charge in [0, 0.05) is 6.04 Å². The average Bonchev–Trinajstić information content (AvgIpc) is 2.69. The summed E-state index contributed by atoms with van der Waals surface area (Å²) in [5.41, 5.74) is 0. The van der Waals surface area contributed by atoms with Gasteiger partial charge >= 0.3 is 0 Å². The van der Waals surface area contributed by atoms with Gasteiger partial charge in [0.25, 0.3) is 0 Å². The molecule has 106 valence electrons. The second-order valence-corrected chi connectivity index (χ2v) is 11.2. The van der Waals surface area contributed by atoms with E-state index in [4.69, 9.17) is 0 Å². The molecular weight excluding hydrogens is 302 g/mol. The van der Waals surface area contributed by atoms with E-state index >= 15 is 0 Å². The molecule has 0 aromatic heterocycles. The van der Waals surface area contributed by atoms with Gasteiger partial charge in [0.15, 0.2) is 19.7 Å². The second kappa shape index (κ2) is 4.43. The molecule has 2 atom stereocenters. The summed E-state index contributed by atoms with van der Waals surface area (Å²) in [6.45, 7) is 0. The summed E-state index contributed by atoms with van der Waals surface area (Å²) in [4.78, 5) is 0. The van der Waals surface area contributed by atoms with Crippen LogP contribution in [0, 0.1) is 0 Å². The first-order valence-corrected chi connectivity index (χ1v) is 10.7. The fraction of sp³-hybridized carbons (Fsp3) is 1.00. The second-order valence-electron chi connectivity index (χ2n) is 4.79.